The van der Waals surface area contributed by atoms with Crippen molar-refractivity contribution in [1.82, 2.24) is 4.57 Å². The summed E-state index contributed by atoms with van der Waals surface area (Å²) in [5.41, 5.74) is 2.23. The molecule has 3 rings (SSSR count). The summed E-state index contributed by atoms with van der Waals surface area (Å²) in [5.74, 6) is -0.999. The molecule has 0 saturated carbocycles. The summed E-state index contributed by atoms with van der Waals surface area (Å²) in [7, 11) is 0. The Hall–Kier alpha value is -3.65. The Morgan fingerprint density at radius 1 is 1.00 bits per heavy atom. The van der Waals surface area contributed by atoms with Crippen LogP contribution < -0.4 is 5.56 Å². The smallest absolute Gasteiger partial charge is 0.305 e. The number of carbonyl (C=O) groups is 1. The number of hydrogen-bond donors (Lipinski definition) is 1. The van der Waals surface area contributed by atoms with Gasteiger partial charge in [-0.25, -0.2) is 0 Å². The van der Waals surface area contributed by atoms with E-state index in [1.165, 1.54) is 4.57 Å². The first-order chi connectivity index (χ1) is 12.6. The minimum absolute atomic E-state index is 0.00213. The zero-order chi connectivity index (χ0) is 18.5. The minimum Gasteiger partial charge on any atom is -0.481 e. The predicted octanol–water partition coefficient (Wildman–Crippen LogP) is 3.53. The third-order valence-corrected chi connectivity index (χ3v) is 4.12. The number of carboxylic acid groups (broad SMARTS) is 1. The minimum atomic E-state index is -0.999. The van der Waals surface area contributed by atoms with Crippen molar-refractivity contribution in [3.8, 4) is 28.5 Å². The molecule has 3 aromatic rings. The molecule has 0 amide bonds. The van der Waals surface area contributed by atoms with E-state index >= 15 is 0 Å². The number of hydrogen-bond acceptors (Lipinski definition) is 3. The summed E-state index contributed by atoms with van der Waals surface area (Å²) in [6.07, 6.45) is -0.199. The Morgan fingerprint density at radius 3 is 2.12 bits per heavy atom. The van der Waals surface area contributed by atoms with Crippen LogP contribution in [0.1, 0.15) is 12.0 Å². The van der Waals surface area contributed by atoms with Crippen LogP contribution in [0.3, 0.4) is 0 Å². The molecule has 0 spiro atoms. The third-order valence-electron chi connectivity index (χ3n) is 4.12. The molecule has 0 unspecified atom stereocenters. The molecule has 0 saturated heterocycles. The van der Waals surface area contributed by atoms with E-state index in [2.05, 4.69) is 0 Å². The molecule has 0 atom stereocenters. The highest BCUT2D eigenvalue weighted by atomic mass is 16.4. The maximum atomic E-state index is 12.9. The van der Waals surface area contributed by atoms with Crippen LogP contribution in [-0.2, 0) is 11.3 Å². The van der Waals surface area contributed by atoms with Gasteiger partial charge in [-0.3, -0.25) is 9.59 Å². The highest BCUT2D eigenvalue weighted by molar-refractivity contribution is 5.75. The van der Waals surface area contributed by atoms with E-state index in [4.69, 9.17) is 5.11 Å². The van der Waals surface area contributed by atoms with Gasteiger partial charge >= 0.3 is 5.97 Å². The highest BCUT2D eigenvalue weighted by Crippen LogP contribution is 2.27. The fourth-order valence-corrected chi connectivity index (χ4v) is 2.88. The number of rotatable bonds is 5. The number of pyridine rings is 1. The second-order valence-corrected chi connectivity index (χ2v) is 5.76. The van der Waals surface area contributed by atoms with Gasteiger partial charge in [-0.05, 0) is 17.2 Å². The fourth-order valence-electron chi connectivity index (χ4n) is 2.88. The van der Waals surface area contributed by atoms with Crippen LogP contribution in [0.15, 0.2) is 71.5 Å². The number of carboxylic acids is 1. The van der Waals surface area contributed by atoms with E-state index in [0.717, 1.165) is 11.1 Å². The predicted molar refractivity (Wildman–Crippen MR) is 98.5 cm³/mol. The topological polar surface area (TPSA) is 83.1 Å². The lowest BCUT2D eigenvalue weighted by molar-refractivity contribution is -0.137. The van der Waals surface area contributed by atoms with Crippen molar-refractivity contribution in [3.05, 3.63) is 82.6 Å². The Balaban J connectivity index is 2.29. The van der Waals surface area contributed by atoms with Crippen LogP contribution in [0.2, 0.25) is 0 Å². The Kier molecular flexibility index (Phi) is 4.95. The van der Waals surface area contributed by atoms with Gasteiger partial charge in [-0.2, -0.15) is 5.26 Å². The van der Waals surface area contributed by atoms with Gasteiger partial charge in [0.15, 0.2) is 0 Å². The molecule has 0 fully saturated rings. The lowest BCUT2D eigenvalue weighted by atomic mass is 9.98. The Morgan fingerprint density at radius 2 is 1.58 bits per heavy atom. The highest BCUT2D eigenvalue weighted by Gasteiger charge is 2.17. The van der Waals surface area contributed by atoms with Crippen molar-refractivity contribution in [2.75, 3.05) is 0 Å². The number of nitrogens with zero attached hydrogens (tertiary/aromatic N) is 2. The summed E-state index contributed by atoms with van der Waals surface area (Å²) in [4.78, 5) is 23.9. The van der Waals surface area contributed by atoms with E-state index in [0.29, 0.717) is 11.3 Å². The number of aliphatic carboxylic acids is 1. The van der Waals surface area contributed by atoms with Crippen molar-refractivity contribution in [2.45, 2.75) is 13.0 Å². The maximum Gasteiger partial charge on any atom is 0.305 e. The first kappa shape index (κ1) is 17.2. The van der Waals surface area contributed by atoms with Crippen molar-refractivity contribution < 1.29 is 9.90 Å². The summed E-state index contributed by atoms with van der Waals surface area (Å²) in [5, 5.41) is 18.6. The Bertz CT molecular complexity index is 1030. The monoisotopic (exact) mass is 344 g/mol. The van der Waals surface area contributed by atoms with Crippen LogP contribution >= 0.6 is 0 Å². The maximum absolute atomic E-state index is 12.9. The van der Waals surface area contributed by atoms with Gasteiger partial charge < -0.3 is 9.67 Å². The summed E-state index contributed by atoms with van der Waals surface area (Å²) in [6.45, 7) is 0.00213. The van der Waals surface area contributed by atoms with Gasteiger partial charge in [0.1, 0.15) is 11.6 Å². The van der Waals surface area contributed by atoms with E-state index in [1.807, 2.05) is 66.7 Å². The molecule has 0 radical (unpaired) electrons. The summed E-state index contributed by atoms with van der Waals surface area (Å²) < 4.78 is 1.37. The number of benzene rings is 2. The first-order valence-electron chi connectivity index (χ1n) is 8.12. The van der Waals surface area contributed by atoms with E-state index in [9.17, 15) is 14.9 Å². The average Bonchev–Trinajstić information content (AvgIpc) is 2.67. The molecular weight excluding hydrogens is 328 g/mol. The second-order valence-electron chi connectivity index (χ2n) is 5.76. The van der Waals surface area contributed by atoms with Gasteiger partial charge in [0.2, 0.25) is 0 Å². The van der Waals surface area contributed by atoms with Crippen LogP contribution in [-0.4, -0.2) is 15.6 Å². The lowest BCUT2D eigenvalue weighted by Crippen LogP contribution is -2.26. The summed E-state index contributed by atoms with van der Waals surface area (Å²) >= 11 is 0. The van der Waals surface area contributed by atoms with Crippen molar-refractivity contribution in [3.63, 3.8) is 0 Å². The van der Waals surface area contributed by atoms with Gasteiger partial charge in [0.25, 0.3) is 5.56 Å². The van der Waals surface area contributed by atoms with Crippen LogP contribution in [0.25, 0.3) is 22.4 Å². The Labute approximate surface area is 150 Å². The molecule has 0 aliphatic heterocycles. The molecule has 5 heteroatoms. The summed E-state index contributed by atoms with van der Waals surface area (Å²) in [6, 6.07) is 22.3. The van der Waals surface area contributed by atoms with E-state index in [-0.39, 0.29) is 18.5 Å². The van der Waals surface area contributed by atoms with Crippen LogP contribution in [0.4, 0.5) is 0 Å². The molecule has 128 valence electrons. The normalized spacial score (nSPS) is 10.3. The molecule has 0 aliphatic carbocycles. The number of nitriles is 1. The molecule has 26 heavy (non-hydrogen) atoms. The van der Waals surface area contributed by atoms with Gasteiger partial charge in [0, 0.05) is 12.1 Å². The fraction of sp³-hybridized carbons (Fsp3) is 0.0952. The standard InChI is InChI=1S/C21H16N2O3/c22-14-18-17(15-7-3-1-4-8-15)13-19(16-9-5-2-6-10-16)23(21(18)26)12-11-20(24)25/h1-10,13H,11-12H2,(H,24,25). The molecule has 2 aromatic carbocycles. The average molecular weight is 344 g/mol. The van der Waals surface area contributed by atoms with E-state index in [1.54, 1.807) is 6.07 Å². The molecular formula is C21H16N2O3. The van der Waals surface area contributed by atoms with E-state index < -0.39 is 11.5 Å². The quantitative estimate of drug-likeness (QED) is 0.767. The SMILES string of the molecule is N#Cc1c(-c2ccccc2)cc(-c2ccccc2)n(CCC(=O)O)c1=O. The van der Waals surface area contributed by atoms with Crippen LogP contribution in [0.5, 0.6) is 0 Å². The second kappa shape index (κ2) is 7.49. The molecule has 0 aliphatic rings. The van der Waals surface area contributed by atoms with Crippen molar-refractivity contribution >= 4 is 5.97 Å². The molecule has 1 N–H and O–H groups in total. The molecule has 1 aromatic heterocycles. The molecule has 1 heterocycles. The zero-order valence-electron chi connectivity index (χ0n) is 13.9. The third kappa shape index (κ3) is 3.40. The molecule has 5 nitrogen and oxygen atoms in total. The lowest BCUT2D eigenvalue weighted by Gasteiger charge is -2.16. The largest absolute Gasteiger partial charge is 0.481 e. The zero-order valence-corrected chi connectivity index (χ0v) is 13.9. The number of aromatic nitrogens is 1. The molecule has 0 bridgehead atoms. The van der Waals surface area contributed by atoms with Gasteiger partial charge in [0.05, 0.1) is 12.1 Å². The van der Waals surface area contributed by atoms with Crippen molar-refractivity contribution in [2.24, 2.45) is 0 Å². The van der Waals surface area contributed by atoms with Crippen molar-refractivity contribution in [1.29, 1.82) is 5.26 Å². The van der Waals surface area contributed by atoms with Gasteiger partial charge in [-0.15, -0.1) is 0 Å². The van der Waals surface area contributed by atoms with Crippen LogP contribution in [0, 0.1) is 11.3 Å². The van der Waals surface area contributed by atoms with Gasteiger partial charge in [-0.1, -0.05) is 60.7 Å². The first-order valence-corrected chi connectivity index (χ1v) is 8.12.